The molecule has 0 saturated heterocycles. The summed E-state index contributed by atoms with van der Waals surface area (Å²) in [7, 11) is 0. The Morgan fingerprint density at radius 1 is 1.05 bits per heavy atom. The molecule has 98 valence electrons. The lowest BCUT2D eigenvalue weighted by atomic mass is 10.00. The molecule has 0 spiro atoms. The molecule has 0 fully saturated rings. The highest BCUT2D eigenvalue weighted by Crippen LogP contribution is 2.19. The first-order valence-electron chi connectivity index (χ1n) is 6.51. The van der Waals surface area contributed by atoms with Crippen LogP contribution in [0, 0.1) is 13.8 Å². The highest BCUT2D eigenvalue weighted by molar-refractivity contribution is 5.94. The maximum atomic E-state index is 12.1. The van der Waals surface area contributed by atoms with E-state index >= 15 is 0 Å². The molecule has 0 radical (unpaired) electrons. The molecular formula is C17H19NO. The van der Waals surface area contributed by atoms with Crippen LogP contribution in [0.3, 0.4) is 0 Å². The molecule has 1 amide bonds. The monoisotopic (exact) mass is 253 g/mol. The van der Waals surface area contributed by atoms with E-state index in [9.17, 15) is 4.79 Å². The molecule has 0 aromatic heterocycles. The van der Waals surface area contributed by atoms with Crippen LogP contribution < -0.4 is 5.32 Å². The van der Waals surface area contributed by atoms with Crippen LogP contribution in [0.4, 0.5) is 0 Å². The van der Waals surface area contributed by atoms with Gasteiger partial charge in [-0.2, -0.15) is 0 Å². The molecule has 0 heterocycles. The van der Waals surface area contributed by atoms with Gasteiger partial charge in [0.1, 0.15) is 0 Å². The first-order valence-corrected chi connectivity index (χ1v) is 6.51. The minimum absolute atomic E-state index is 0.00704. The van der Waals surface area contributed by atoms with Crippen molar-refractivity contribution in [3.8, 4) is 0 Å². The summed E-state index contributed by atoms with van der Waals surface area (Å²) in [4.78, 5) is 12.1. The molecule has 0 saturated carbocycles. The third-order valence-electron chi connectivity index (χ3n) is 3.28. The molecule has 2 heteroatoms. The van der Waals surface area contributed by atoms with Crippen molar-refractivity contribution in [2.24, 2.45) is 0 Å². The van der Waals surface area contributed by atoms with Gasteiger partial charge in [0, 0.05) is 5.56 Å². The number of hydrogen-bond donors (Lipinski definition) is 1. The van der Waals surface area contributed by atoms with Crippen LogP contribution in [0.1, 0.15) is 40.0 Å². The molecule has 0 unspecified atom stereocenters. The van der Waals surface area contributed by atoms with Gasteiger partial charge in [-0.3, -0.25) is 4.79 Å². The van der Waals surface area contributed by atoms with E-state index in [1.165, 1.54) is 16.7 Å². The zero-order valence-corrected chi connectivity index (χ0v) is 11.6. The van der Waals surface area contributed by atoms with Crippen LogP contribution in [0.25, 0.3) is 0 Å². The summed E-state index contributed by atoms with van der Waals surface area (Å²) < 4.78 is 0. The van der Waals surface area contributed by atoms with Crippen LogP contribution in [0.15, 0.2) is 48.5 Å². The normalized spacial score (nSPS) is 11.9. The molecule has 0 aliphatic rings. The first kappa shape index (κ1) is 13.3. The lowest BCUT2D eigenvalue weighted by molar-refractivity contribution is 0.0940. The molecule has 0 aliphatic carbocycles. The predicted molar refractivity (Wildman–Crippen MR) is 78.2 cm³/mol. The van der Waals surface area contributed by atoms with Crippen LogP contribution in [-0.4, -0.2) is 5.91 Å². The Bertz CT molecular complexity index is 575. The van der Waals surface area contributed by atoms with Crippen LogP contribution in [-0.2, 0) is 0 Å². The van der Waals surface area contributed by atoms with Crippen LogP contribution in [0.5, 0.6) is 0 Å². The highest BCUT2D eigenvalue weighted by atomic mass is 16.1. The third kappa shape index (κ3) is 3.22. The number of carbonyl (C=O) groups excluding carboxylic acids is 1. The van der Waals surface area contributed by atoms with Gasteiger partial charge in [-0.25, -0.2) is 0 Å². The second-order valence-electron chi connectivity index (χ2n) is 4.92. The highest BCUT2D eigenvalue weighted by Gasteiger charge is 2.12. The Morgan fingerprint density at radius 3 is 2.42 bits per heavy atom. The summed E-state index contributed by atoms with van der Waals surface area (Å²) in [6.45, 7) is 6.15. The zero-order chi connectivity index (χ0) is 13.8. The lowest BCUT2D eigenvalue weighted by Gasteiger charge is -2.17. The third-order valence-corrected chi connectivity index (χ3v) is 3.28. The van der Waals surface area contributed by atoms with Crippen molar-refractivity contribution in [3.05, 3.63) is 70.8 Å². The van der Waals surface area contributed by atoms with E-state index in [1.54, 1.807) is 0 Å². The van der Waals surface area contributed by atoms with E-state index in [0.29, 0.717) is 5.56 Å². The van der Waals surface area contributed by atoms with Crippen molar-refractivity contribution in [3.63, 3.8) is 0 Å². The number of benzene rings is 2. The molecule has 2 rings (SSSR count). The van der Waals surface area contributed by atoms with Crippen LogP contribution >= 0.6 is 0 Å². The minimum Gasteiger partial charge on any atom is -0.346 e. The van der Waals surface area contributed by atoms with Gasteiger partial charge in [-0.15, -0.1) is 0 Å². The maximum absolute atomic E-state index is 12.1. The number of carbonyl (C=O) groups is 1. The zero-order valence-electron chi connectivity index (χ0n) is 11.6. The Kier molecular flexibility index (Phi) is 4.00. The van der Waals surface area contributed by atoms with Crippen molar-refractivity contribution in [2.45, 2.75) is 26.8 Å². The van der Waals surface area contributed by atoms with Crippen molar-refractivity contribution in [1.82, 2.24) is 5.32 Å². The van der Waals surface area contributed by atoms with Gasteiger partial charge in [-0.05, 0) is 44.0 Å². The van der Waals surface area contributed by atoms with E-state index in [0.717, 1.165) is 0 Å². The summed E-state index contributed by atoms with van der Waals surface area (Å²) in [6.07, 6.45) is 0. The fraction of sp³-hybridized carbons (Fsp3) is 0.235. The molecule has 2 aromatic rings. The topological polar surface area (TPSA) is 29.1 Å². The molecule has 0 bridgehead atoms. The summed E-state index contributed by atoms with van der Waals surface area (Å²) >= 11 is 0. The average Bonchev–Trinajstić information content (AvgIpc) is 2.42. The van der Waals surface area contributed by atoms with Crippen molar-refractivity contribution in [1.29, 1.82) is 0 Å². The summed E-state index contributed by atoms with van der Waals surface area (Å²) in [5.41, 5.74) is 4.27. The van der Waals surface area contributed by atoms with Gasteiger partial charge in [0.15, 0.2) is 0 Å². The Hall–Kier alpha value is -2.09. The summed E-state index contributed by atoms with van der Waals surface area (Å²) in [5.74, 6) is -0.0333. The van der Waals surface area contributed by atoms with E-state index in [4.69, 9.17) is 0 Å². The quantitative estimate of drug-likeness (QED) is 0.885. The molecule has 0 aliphatic heterocycles. The maximum Gasteiger partial charge on any atom is 0.251 e. The second kappa shape index (κ2) is 5.70. The first-order chi connectivity index (χ1) is 9.08. The number of rotatable bonds is 3. The SMILES string of the molecule is Cc1ccc(C)c([C@@H](C)NC(=O)c2ccccc2)c1. The van der Waals surface area contributed by atoms with Crippen molar-refractivity contribution >= 4 is 5.91 Å². The van der Waals surface area contributed by atoms with Gasteiger partial charge in [0.2, 0.25) is 0 Å². The number of amides is 1. The molecular weight excluding hydrogens is 234 g/mol. The molecule has 1 atom stereocenters. The Labute approximate surface area is 114 Å². The summed E-state index contributed by atoms with van der Waals surface area (Å²) in [5, 5.41) is 3.04. The summed E-state index contributed by atoms with van der Waals surface area (Å²) in [6, 6.07) is 15.6. The van der Waals surface area contributed by atoms with Crippen molar-refractivity contribution in [2.75, 3.05) is 0 Å². The Morgan fingerprint density at radius 2 is 1.74 bits per heavy atom. The smallest absolute Gasteiger partial charge is 0.251 e. The molecule has 1 N–H and O–H groups in total. The molecule has 19 heavy (non-hydrogen) atoms. The number of hydrogen-bond acceptors (Lipinski definition) is 1. The van der Waals surface area contributed by atoms with Gasteiger partial charge in [0.25, 0.3) is 5.91 Å². The number of aryl methyl sites for hydroxylation is 2. The van der Waals surface area contributed by atoms with E-state index in [1.807, 2.05) is 37.3 Å². The lowest BCUT2D eigenvalue weighted by Crippen LogP contribution is -2.27. The van der Waals surface area contributed by atoms with Crippen LogP contribution in [0.2, 0.25) is 0 Å². The largest absolute Gasteiger partial charge is 0.346 e. The predicted octanol–water partition coefficient (Wildman–Crippen LogP) is 3.79. The van der Waals surface area contributed by atoms with Gasteiger partial charge >= 0.3 is 0 Å². The standard InChI is InChI=1S/C17H19NO/c1-12-9-10-13(2)16(11-12)14(3)18-17(19)15-7-5-4-6-8-15/h4-11,14H,1-3H3,(H,18,19)/t14-/m1/s1. The Balaban J connectivity index is 2.15. The molecule has 2 aromatic carbocycles. The van der Waals surface area contributed by atoms with E-state index in [-0.39, 0.29) is 11.9 Å². The fourth-order valence-electron chi connectivity index (χ4n) is 2.17. The average molecular weight is 253 g/mol. The van der Waals surface area contributed by atoms with Crippen molar-refractivity contribution < 1.29 is 4.79 Å². The van der Waals surface area contributed by atoms with Gasteiger partial charge < -0.3 is 5.32 Å². The number of nitrogens with one attached hydrogen (secondary N) is 1. The van der Waals surface area contributed by atoms with Gasteiger partial charge in [0.05, 0.1) is 6.04 Å². The molecule has 2 nitrogen and oxygen atoms in total. The van der Waals surface area contributed by atoms with Gasteiger partial charge in [-0.1, -0.05) is 42.0 Å². The van der Waals surface area contributed by atoms with E-state index in [2.05, 4.69) is 37.4 Å². The minimum atomic E-state index is -0.0333. The fourth-order valence-corrected chi connectivity index (χ4v) is 2.17. The second-order valence-corrected chi connectivity index (χ2v) is 4.92. The van der Waals surface area contributed by atoms with E-state index < -0.39 is 0 Å².